The summed E-state index contributed by atoms with van der Waals surface area (Å²) in [5, 5.41) is 9.68. The summed E-state index contributed by atoms with van der Waals surface area (Å²) in [7, 11) is 1.47. The van der Waals surface area contributed by atoms with Crippen molar-refractivity contribution in [3.63, 3.8) is 0 Å². The Kier molecular flexibility index (Phi) is 12.4. The molecule has 31 heavy (non-hydrogen) atoms. The van der Waals surface area contributed by atoms with Gasteiger partial charge in [-0.2, -0.15) is 0 Å². The number of unbranched alkanes of at least 4 members (excludes halogenated alkanes) is 1. The molecule has 0 aromatic heterocycles. The van der Waals surface area contributed by atoms with Gasteiger partial charge in [0.1, 0.15) is 11.4 Å². The zero-order chi connectivity index (χ0) is 23.3. The van der Waals surface area contributed by atoms with Crippen LogP contribution in [0.25, 0.3) is 0 Å². The van der Waals surface area contributed by atoms with E-state index < -0.39 is 28.6 Å². The van der Waals surface area contributed by atoms with Crippen LogP contribution in [0, 0.1) is 5.92 Å². The van der Waals surface area contributed by atoms with Gasteiger partial charge in [0.15, 0.2) is 0 Å². The molecule has 2 atom stereocenters. The lowest BCUT2D eigenvalue weighted by atomic mass is 9.92. The van der Waals surface area contributed by atoms with Crippen molar-refractivity contribution in [1.29, 1.82) is 0 Å². The van der Waals surface area contributed by atoms with Gasteiger partial charge in [-0.1, -0.05) is 67.7 Å². The van der Waals surface area contributed by atoms with E-state index in [0.717, 1.165) is 23.7 Å². The molecule has 0 aliphatic heterocycles. The van der Waals surface area contributed by atoms with Crippen LogP contribution < -0.4 is 0 Å². The molecule has 0 fully saturated rings. The molecule has 1 aromatic carbocycles. The second kappa shape index (κ2) is 14.2. The molecule has 0 saturated heterocycles. The van der Waals surface area contributed by atoms with E-state index in [2.05, 4.69) is 0 Å². The minimum absolute atomic E-state index is 0.0326. The molecule has 9 heteroatoms. The van der Waals surface area contributed by atoms with Gasteiger partial charge in [0.05, 0.1) is 29.7 Å². The van der Waals surface area contributed by atoms with Crippen molar-refractivity contribution in [2.24, 2.45) is 5.92 Å². The second-order valence-electron chi connectivity index (χ2n) is 7.13. The lowest BCUT2D eigenvalue weighted by molar-refractivity contribution is -0.154. The predicted molar refractivity (Wildman–Crippen MR) is 123 cm³/mol. The Balaban J connectivity index is 3.01. The molecule has 0 spiro atoms. The number of carboxylic acid groups (broad SMARTS) is 1. The summed E-state index contributed by atoms with van der Waals surface area (Å²) in [6.45, 7) is 4.06. The average molecular weight is 471 g/mol. The fourth-order valence-corrected chi connectivity index (χ4v) is 4.46. The van der Waals surface area contributed by atoms with Gasteiger partial charge in [0, 0.05) is 7.11 Å². The third kappa shape index (κ3) is 9.80. The smallest absolute Gasteiger partial charge is 0.322 e. The number of hydrogen-bond donors (Lipinski definition) is 1. The fraction of sp³-hybridized carbons (Fsp3) is 0.545. The van der Waals surface area contributed by atoms with E-state index in [1.165, 1.54) is 7.11 Å². The molecular formula is C22H30O7S2. The number of thiocarbonyl (C=S) groups is 1. The van der Waals surface area contributed by atoms with Crippen LogP contribution in [0.5, 0.6) is 0 Å². The summed E-state index contributed by atoms with van der Waals surface area (Å²) in [4.78, 5) is 36.8. The summed E-state index contributed by atoms with van der Waals surface area (Å²) in [6.07, 6.45) is 1.05. The topological polar surface area (TPSA) is 99.1 Å². The predicted octanol–water partition coefficient (Wildman–Crippen LogP) is 3.87. The van der Waals surface area contributed by atoms with Crippen molar-refractivity contribution in [3.8, 4) is 0 Å². The highest BCUT2D eigenvalue weighted by molar-refractivity contribution is 8.25. The van der Waals surface area contributed by atoms with Crippen LogP contribution in [0.4, 0.5) is 0 Å². The van der Waals surface area contributed by atoms with Crippen molar-refractivity contribution < 1.29 is 33.7 Å². The van der Waals surface area contributed by atoms with Gasteiger partial charge in [0.25, 0.3) is 0 Å². The molecule has 2 unspecified atom stereocenters. The minimum atomic E-state index is -1.28. The monoisotopic (exact) mass is 470 g/mol. The first-order valence-electron chi connectivity index (χ1n) is 10.1. The number of benzene rings is 1. The Morgan fingerprint density at radius 3 is 2.39 bits per heavy atom. The van der Waals surface area contributed by atoms with E-state index in [9.17, 15) is 19.5 Å². The summed E-state index contributed by atoms with van der Waals surface area (Å²) in [6, 6.07) is 9.15. The number of aliphatic carboxylic acids is 1. The Hall–Kier alpha value is -1.97. The standard InChI is InChI=1S/C22H30O7S2/c1-4-5-11-29-21(26)22(2,31-20(30)16-9-7-6-8-10-16)15-17(19(24)25)14-18(23)28-13-12-27-3/h6-10,17H,4-5,11-15H2,1-3H3,(H,24,25). The van der Waals surface area contributed by atoms with E-state index >= 15 is 0 Å². The van der Waals surface area contributed by atoms with E-state index in [1.807, 2.05) is 37.3 Å². The fourth-order valence-electron chi connectivity index (χ4n) is 2.68. The third-order valence-electron chi connectivity index (χ3n) is 4.44. The maximum atomic E-state index is 12.9. The molecule has 7 nitrogen and oxygen atoms in total. The number of thioether (sulfide) groups is 1. The largest absolute Gasteiger partial charge is 0.481 e. The summed E-state index contributed by atoms with van der Waals surface area (Å²) >= 11 is 6.58. The molecule has 0 aliphatic rings. The van der Waals surface area contributed by atoms with E-state index in [-0.39, 0.29) is 32.7 Å². The number of rotatable bonds is 14. The zero-order valence-corrected chi connectivity index (χ0v) is 19.8. The molecule has 0 bridgehead atoms. The summed E-state index contributed by atoms with van der Waals surface area (Å²) in [5.41, 5.74) is 0.751. The molecular weight excluding hydrogens is 440 g/mol. The molecule has 1 aromatic rings. The Morgan fingerprint density at radius 2 is 1.81 bits per heavy atom. The molecule has 0 aliphatic carbocycles. The zero-order valence-electron chi connectivity index (χ0n) is 18.1. The second-order valence-corrected chi connectivity index (χ2v) is 9.31. The van der Waals surface area contributed by atoms with Crippen molar-refractivity contribution in [3.05, 3.63) is 35.9 Å². The van der Waals surface area contributed by atoms with Crippen LogP contribution in [0.1, 0.15) is 45.1 Å². The van der Waals surface area contributed by atoms with E-state index in [0.29, 0.717) is 10.6 Å². The SMILES string of the molecule is CCCCOC(=O)C(C)(CC(CC(=O)OCCOC)C(=O)O)SC(=S)c1ccccc1. The van der Waals surface area contributed by atoms with Crippen LogP contribution in [0.2, 0.25) is 0 Å². The van der Waals surface area contributed by atoms with Gasteiger partial charge in [-0.05, 0) is 25.3 Å². The first kappa shape index (κ1) is 27.1. The quantitative estimate of drug-likeness (QED) is 0.247. The molecule has 1 rings (SSSR count). The van der Waals surface area contributed by atoms with Crippen LogP contribution in [0.3, 0.4) is 0 Å². The highest BCUT2D eigenvalue weighted by Gasteiger charge is 2.42. The normalized spacial score (nSPS) is 13.6. The van der Waals surface area contributed by atoms with Gasteiger partial charge in [-0.15, -0.1) is 0 Å². The molecule has 1 N–H and O–H groups in total. The van der Waals surface area contributed by atoms with Crippen LogP contribution in [-0.2, 0) is 28.6 Å². The van der Waals surface area contributed by atoms with Gasteiger partial charge >= 0.3 is 17.9 Å². The molecule has 172 valence electrons. The minimum Gasteiger partial charge on any atom is -0.481 e. The highest BCUT2D eigenvalue weighted by atomic mass is 32.2. The number of ether oxygens (including phenoxy) is 3. The molecule has 0 saturated carbocycles. The van der Waals surface area contributed by atoms with Gasteiger partial charge in [-0.25, -0.2) is 0 Å². The van der Waals surface area contributed by atoms with Gasteiger partial charge in [-0.3, -0.25) is 14.4 Å². The van der Waals surface area contributed by atoms with E-state index in [4.69, 9.17) is 26.4 Å². The van der Waals surface area contributed by atoms with Crippen molar-refractivity contribution in [2.75, 3.05) is 26.9 Å². The summed E-state index contributed by atoms with van der Waals surface area (Å²) in [5.74, 6) is -3.54. The molecule has 0 amide bonds. The number of hydrogen-bond acceptors (Lipinski definition) is 8. The molecule has 0 radical (unpaired) electrons. The van der Waals surface area contributed by atoms with Crippen LogP contribution in [0.15, 0.2) is 30.3 Å². The van der Waals surface area contributed by atoms with Crippen LogP contribution in [-0.4, -0.2) is 58.9 Å². The van der Waals surface area contributed by atoms with Crippen LogP contribution >= 0.6 is 24.0 Å². The first-order chi connectivity index (χ1) is 14.7. The molecule has 0 heterocycles. The number of carbonyl (C=O) groups excluding carboxylic acids is 2. The van der Waals surface area contributed by atoms with Crippen molar-refractivity contribution in [1.82, 2.24) is 0 Å². The number of carboxylic acids is 1. The number of esters is 2. The number of methoxy groups -OCH3 is 1. The maximum Gasteiger partial charge on any atom is 0.322 e. The third-order valence-corrected chi connectivity index (χ3v) is 6.13. The first-order valence-corrected chi connectivity index (χ1v) is 11.3. The van der Waals surface area contributed by atoms with Gasteiger partial charge in [0.2, 0.25) is 0 Å². The van der Waals surface area contributed by atoms with Crippen molar-refractivity contribution in [2.45, 2.75) is 44.3 Å². The Labute approximate surface area is 192 Å². The number of carbonyl (C=O) groups is 3. The Bertz CT molecular complexity index is 739. The maximum absolute atomic E-state index is 12.9. The lowest BCUT2D eigenvalue weighted by Gasteiger charge is -2.29. The highest BCUT2D eigenvalue weighted by Crippen LogP contribution is 2.37. The lowest BCUT2D eigenvalue weighted by Crippen LogP contribution is -2.39. The van der Waals surface area contributed by atoms with E-state index in [1.54, 1.807) is 6.92 Å². The van der Waals surface area contributed by atoms with Gasteiger partial charge < -0.3 is 19.3 Å². The summed E-state index contributed by atoms with van der Waals surface area (Å²) < 4.78 is 14.4. The Morgan fingerprint density at radius 1 is 1.13 bits per heavy atom. The van der Waals surface area contributed by atoms with Crippen molar-refractivity contribution >= 4 is 46.1 Å². The average Bonchev–Trinajstić information content (AvgIpc) is 2.74.